The molecule has 0 spiro atoms. The number of halogens is 4. The maximum absolute atomic E-state index is 12.8. The fourth-order valence-electron chi connectivity index (χ4n) is 3.12. The number of benzene rings is 3. The number of rotatable bonds is 6. The van der Waals surface area contributed by atoms with Crippen molar-refractivity contribution in [1.82, 2.24) is 0 Å². The first-order chi connectivity index (χ1) is 14.2. The van der Waals surface area contributed by atoms with Crippen LogP contribution in [0, 0.1) is 5.92 Å². The number of hydrogen-bond donors (Lipinski definition) is 1. The molecule has 3 nitrogen and oxygen atoms in total. The molecule has 0 saturated heterocycles. The van der Waals surface area contributed by atoms with Crippen molar-refractivity contribution in [2.24, 2.45) is 5.92 Å². The van der Waals surface area contributed by atoms with Crippen LogP contribution in [0.2, 0.25) is 20.1 Å². The SMILES string of the molecule is C[C@@H]([C@H](O)c1cc(Cl)cc(Cl)c1)[C@H](OC(=O)c1ccc(Cl)cc1)c1ccc(Cl)cc1. The summed E-state index contributed by atoms with van der Waals surface area (Å²) in [4.78, 5) is 12.8. The van der Waals surface area contributed by atoms with E-state index >= 15 is 0 Å². The number of hydrogen-bond acceptors (Lipinski definition) is 3. The lowest BCUT2D eigenvalue weighted by Crippen LogP contribution is -2.23. The van der Waals surface area contributed by atoms with Crippen LogP contribution >= 0.6 is 46.4 Å². The van der Waals surface area contributed by atoms with Gasteiger partial charge in [-0.2, -0.15) is 0 Å². The summed E-state index contributed by atoms with van der Waals surface area (Å²) >= 11 is 24.1. The van der Waals surface area contributed by atoms with E-state index in [4.69, 9.17) is 51.1 Å². The number of aliphatic hydroxyl groups excluding tert-OH is 1. The van der Waals surface area contributed by atoms with Crippen molar-refractivity contribution in [1.29, 1.82) is 0 Å². The third kappa shape index (κ3) is 5.69. The van der Waals surface area contributed by atoms with Crippen molar-refractivity contribution in [3.63, 3.8) is 0 Å². The molecule has 3 rings (SSSR count). The molecule has 0 bridgehead atoms. The summed E-state index contributed by atoms with van der Waals surface area (Å²) < 4.78 is 5.82. The van der Waals surface area contributed by atoms with Crippen LogP contribution in [-0.2, 0) is 4.74 Å². The summed E-state index contributed by atoms with van der Waals surface area (Å²) in [6.07, 6.45) is -1.74. The highest BCUT2D eigenvalue weighted by molar-refractivity contribution is 6.34. The fraction of sp³-hybridized carbons (Fsp3) is 0.174. The number of carbonyl (C=O) groups excluding carboxylic acids is 1. The smallest absolute Gasteiger partial charge is 0.338 e. The highest BCUT2D eigenvalue weighted by atomic mass is 35.5. The van der Waals surface area contributed by atoms with Gasteiger partial charge in [0.15, 0.2) is 0 Å². The summed E-state index contributed by atoms with van der Waals surface area (Å²) in [6.45, 7) is 1.79. The summed E-state index contributed by atoms with van der Waals surface area (Å²) in [7, 11) is 0. The summed E-state index contributed by atoms with van der Waals surface area (Å²) in [5, 5.41) is 12.9. The van der Waals surface area contributed by atoms with Crippen molar-refractivity contribution in [3.8, 4) is 0 Å². The first-order valence-corrected chi connectivity index (χ1v) is 10.6. The standard InChI is InChI=1S/C23H18Cl4O3/c1-13(21(28)16-10-19(26)12-20(27)11-16)22(14-2-6-17(24)7-3-14)30-23(29)15-4-8-18(25)9-5-15/h2-13,21-22,28H,1H3/t13-,21-,22-/m0/s1. The van der Waals surface area contributed by atoms with Gasteiger partial charge in [-0.1, -0.05) is 65.5 Å². The van der Waals surface area contributed by atoms with Gasteiger partial charge in [0.25, 0.3) is 0 Å². The zero-order valence-corrected chi connectivity index (χ0v) is 18.9. The van der Waals surface area contributed by atoms with E-state index in [2.05, 4.69) is 0 Å². The lowest BCUT2D eigenvalue weighted by Gasteiger charge is -2.29. The Morgan fingerprint density at radius 2 is 1.27 bits per heavy atom. The van der Waals surface area contributed by atoms with E-state index in [0.29, 0.717) is 36.8 Å². The van der Waals surface area contributed by atoms with Crippen molar-refractivity contribution in [2.45, 2.75) is 19.1 Å². The molecule has 156 valence electrons. The van der Waals surface area contributed by atoms with Crippen molar-refractivity contribution < 1.29 is 14.6 Å². The van der Waals surface area contributed by atoms with Gasteiger partial charge in [-0.25, -0.2) is 4.79 Å². The van der Waals surface area contributed by atoms with Gasteiger partial charge in [-0.05, 0) is 65.7 Å². The fourth-order valence-corrected chi connectivity index (χ4v) is 3.91. The largest absolute Gasteiger partial charge is 0.453 e. The van der Waals surface area contributed by atoms with Crippen LogP contribution < -0.4 is 0 Å². The lowest BCUT2D eigenvalue weighted by molar-refractivity contribution is -0.0155. The van der Waals surface area contributed by atoms with Crippen LogP contribution in [0.1, 0.15) is 40.6 Å². The van der Waals surface area contributed by atoms with Crippen LogP contribution in [0.15, 0.2) is 66.7 Å². The minimum absolute atomic E-state index is 0.353. The van der Waals surface area contributed by atoms with E-state index in [-0.39, 0.29) is 0 Å². The van der Waals surface area contributed by atoms with Crippen LogP contribution in [-0.4, -0.2) is 11.1 Å². The van der Waals surface area contributed by atoms with Crippen LogP contribution in [0.3, 0.4) is 0 Å². The molecular formula is C23H18Cl4O3. The molecule has 0 radical (unpaired) electrons. The maximum atomic E-state index is 12.8. The lowest BCUT2D eigenvalue weighted by atomic mass is 9.88. The second kappa shape index (κ2) is 10.0. The molecular weight excluding hydrogens is 466 g/mol. The molecule has 1 N–H and O–H groups in total. The van der Waals surface area contributed by atoms with E-state index in [0.717, 1.165) is 0 Å². The Labute approximate surface area is 195 Å². The molecule has 3 aromatic carbocycles. The van der Waals surface area contributed by atoms with Gasteiger partial charge in [0.2, 0.25) is 0 Å². The van der Waals surface area contributed by atoms with E-state index in [1.807, 2.05) is 0 Å². The molecule has 0 heterocycles. The molecule has 3 atom stereocenters. The topological polar surface area (TPSA) is 46.5 Å². The number of aliphatic hydroxyl groups is 1. The quantitative estimate of drug-likeness (QED) is 0.367. The van der Waals surface area contributed by atoms with Crippen molar-refractivity contribution >= 4 is 52.4 Å². The molecule has 0 aliphatic rings. The first-order valence-electron chi connectivity index (χ1n) is 9.10. The Kier molecular flexibility index (Phi) is 7.67. The maximum Gasteiger partial charge on any atom is 0.338 e. The van der Waals surface area contributed by atoms with Crippen LogP contribution in [0.5, 0.6) is 0 Å². The minimum Gasteiger partial charge on any atom is -0.453 e. The first kappa shape index (κ1) is 22.9. The summed E-state index contributed by atoms with van der Waals surface area (Å²) in [5.74, 6) is -1.05. The number of ether oxygens (including phenoxy) is 1. The molecule has 3 aromatic rings. The molecule has 7 heteroatoms. The molecule has 0 aromatic heterocycles. The highest BCUT2D eigenvalue weighted by Crippen LogP contribution is 2.37. The van der Waals surface area contributed by atoms with E-state index in [9.17, 15) is 9.90 Å². The van der Waals surface area contributed by atoms with Gasteiger partial charge in [0.1, 0.15) is 6.10 Å². The molecule has 0 unspecified atom stereocenters. The number of esters is 1. The summed E-state index contributed by atoms with van der Waals surface area (Å²) in [6, 6.07) is 18.2. The zero-order valence-electron chi connectivity index (χ0n) is 15.9. The van der Waals surface area contributed by atoms with Gasteiger partial charge in [0.05, 0.1) is 11.7 Å². The molecule has 0 amide bonds. The Hall–Kier alpha value is -1.75. The third-order valence-corrected chi connectivity index (χ3v) is 5.65. The van der Waals surface area contributed by atoms with Gasteiger partial charge >= 0.3 is 5.97 Å². The Bertz CT molecular complexity index is 999. The Morgan fingerprint density at radius 3 is 1.80 bits per heavy atom. The molecule has 0 aliphatic carbocycles. The van der Waals surface area contributed by atoms with Gasteiger partial charge < -0.3 is 9.84 Å². The summed E-state index contributed by atoms with van der Waals surface area (Å²) in [5.41, 5.74) is 1.58. The van der Waals surface area contributed by atoms with Gasteiger partial charge in [-0.15, -0.1) is 0 Å². The third-order valence-electron chi connectivity index (χ3n) is 4.71. The predicted octanol–water partition coefficient (Wildman–Crippen LogP) is 7.57. The molecule has 0 saturated carbocycles. The Morgan fingerprint density at radius 1 is 0.767 bits per heavy atom. The average molecular weight is 484 g/mol. The van der Waals surface area contributed by atoms with Crippen LogP contribution in [0.25, 0.3) is 0 Å². The van der Waals surface area contributed by atoms with Crippen molar-refractivity contribution in [2.75, 3.05) is 0 Å². The van der Waals surface area contributed by atoms with Gasteiger partial charge in [0, 0.05) is 26.0 Å². The molecule has 30 heavy (non-hydrogen) atoms. The second-order valence-electron chi connectivity index (χ2n) is 6.89. The average Bonchev–Trinajstić information content (AvgIpc) is 2.71. The predicted molar refractivity (Wildman–Crippen MR) is 122 cm³/mol. The van der Waals surface area contributed by atoms with E-state index < -0.39 is 24.1 Å². The van der Waals surface area contributed by atoms with Gasteiger partial charge in [-0.3, -0.25) is 0 Å². The van der Waals surface area contributed by atoms with E-state index in [1.165, 1.54) is 0 Å². The minimum atomic E-state index is -0.986. The molecule has 0 aliphatic heterocycles. The molecule has 0 fully saturated rings. The normalized spacial score (nSPS) is 14.1. The van der Waals surface area contributed by atoms with Crippen molar-refractivity contribution in [3.05, 3.63) is 104 Å². The highest BCUT2D eigenvalue weighted by Gasteiger charge is 2.31. The zero-order chi connectivity index (χ0) is 21.8. The number of carbonyl (C=O) groups is 1. The monoisotopic (exact) mass is 482 g/mol. The second-order valence-corrected chi connectivity index (χ2v) is 8.64. The van der Waals surface area contributed by atoms with Crippen LogP contribution in [0.4, 0.5) is 0 Å². The Balaban J connectivity index is 1.92. The van der Waals surface area contributed by atoms with E-state index in [1.54, 1.807) is 73.7 Å².